The number of nitrogens with one attached hydrogen (secondary N) is 1. The first-order valence-corrected chi connectivity index (χ1v) is 6.76. The van der Waals surface area contributed by atoms with E-state index in [1.165, 1.54) is 0 Å². The minimum Gasteiger partial charge on any atom is -0.381 e. The largest absolute Gasteiger partial charge is 0.381 e. The Labute approximate surface area is 109 Å². The second-order valence-electron chi connectivity index (χ2n) is 5.47. The van der Waals surface area contributed by atoms with E-state index in [1.807, 2.05) is 6.92 Å². The average Bonchev–Trinajstić information content (AvgIpc) is 2.81. The van der Waals surface area contributed by atoms with Crippen LogP contribution in [0.25, 0.3) is 0 Å². The number of nitrogens with zero attached hydrogens (tertiary/aromatic N) is 2. The summed E-state index contributed by atoms with van der Waals surface area (Å²) in [4.78, 5) is 9.05. The maximum absolute atomic E-state index is 5.42. The predicted octanol–water partition coefficient (Wildman–Crippen LogP) is 2.75. The standard InChI is InChI=1S/C14H23N3O/c1-9(2)13-7-10(3)15-14(17-13)16-11(4)12-5-6-18-8-12/h7,9,11-12H,5-6,8H2,1-4H3,(H,15,16,17). The molecule has 0 aliphatic carbocycles. The minimum atomic E-state index is 0.356. The highest BCUT2D eigenvalue weighted by Crippen LogP contribution is 2.20. The summed E-state index contributed by atoms with van der Waals surface area (Å²) >= 11 is 0. The van der Waals surface area contributed by atoms with E-state index in [1.54, 1.807) is 0 Å². The van der Waals surface area contributed by atoms with E-state index in [-0.39, 0.29) is 0 Å². The molecular formula is C14H23N3O. The van der Waals surface area contributed by atoms with Crippen LogP contribution in [0.1, 0.15) is 44.5 Å². The Morgan fingerprint density at radius 1 is 1.33 bits per heavy atom. The zero-order valence-electron chi connectivity index (χ0n) is 11.7. The summed E-state index contributed by atoms with van der Waals surface area (Å²) in [5, 5.41) is 3.42. The van der Waals surface area contributed by atoms with Gasteiger partial charge in [0.15, 0.2) is 0 Å². The van der Waals surface area contributed by atoms with E-state index >= 15 is 0 Å². The molecule has 0 aromatic carbocycles. The Bertz CT molecular complexity index is 400. The summed E-state index contributed by atoms with van der Waals surface area (Å²) in [6, 6.07) is 2.41. The van der Waals surface area contributed by atoms with Crippen LogP contribution in [0.15, 0.2) is 6.07 Å². The molecule has 0 bridgehead atoms. The van der Waals surface area contributed by atoms with Crippen LogP contribution in [0.2, 0.25) is 0 Å². The molecule has 1 aromatic heterocycles. The molecule has 1 aliphatic heterocycles. The van der Waals surface area contributed by atoms with Crippen LogP contribution in [0.4, 0.5) is 5.95 Å². The maximum Gasteiger partial charge on any atom is 0.223 e. The molecular weight excluding hydrogens is 226 g/mol. The lowest BCUT2D eigenvalue weighted by molar-refractivity contribution is 0.183. The molecule has 1 aromatic rings. The third kappa shape index (κ3) is 3.19. The lowest BCUT2D eigenvalue weighted by Gasteiger charge is -2.20. The van der Waals surface area contributed by atoms with E-state index < -0.39 is 0 Å². The first kappa shape index (κ1) is 13.3. The Kier molecular flexibility index (Phi) is 4.17. The fourth-order valence-electron chi connectivity index (χ4n) is 2.22. The second kappa shape index (κ2) is 5.65. The molecule has 0 radical (unpaired) electrons. The van der Waals surface area contributed by atoms with Crippen LogP contribution in [-0.2, 0) is 4.74 Å². The molecule has 2 atom stereocenters. The number of anilines is 1. The maximum atomic E-state index is 5.42. The number of hydrogen-bond acceptors (Lipinski definition) is 4. The van der Waals surface area contributed by atoms with Crippen molar-refractivity contribution in [2.45, 2.75) is 46.1 Å². The van der Waals surface area contributed by atoms with Gasteiger partial charge in [-0.25, -0.2) is 9.97 Å². The molecule has 0 saturated carbocycles. The lowest BCUT2D eigenvalue weighted by atomic mass is 10.0. The van der Waals surface area contributed by atoms with Crippen molar-refractivity contribution in [2.75, 3.05) is 18.5 Å². The molecule has 4 heteroatoms. The molecule has 100 valence electrons. The number of aromatic nitrogens is 2. The van der Waals surface area contributed by atoms with Gasteiger partial charge in [0.1, 0.15) is 0 Å². The fourth-order valence-corrected chi connectivity index (χ4v) is 2.22. The van der Waals surface area contributed by atoms with Crippen LogP contribution in [-0.4, -0.2) is 29.2 Å². The van der Waals surface area contributed by atoms with Crippen molar-refractivity contribution in [1.29, 1.82) is 0 Å². The minimum absolute atomic E-state index is 0.356. The van der Waals surface area contributed by atoms with Crippen LogP contribution < -0.4 is 5.32 Å². The van der Waals surface area contributed by atoms with Gasteiger partial charge >= 0.3 is 0 Å². The molecule has 1 saturated heterocycles. The molecule has 1 N–H and O–H groups in total. The fraction of sp³-hybridized carbons (Fsp3) is 0.714. The molecule has 2 rings (SSSR count). The van der Waals surface area contributed by atoms with E-state index in [0.717, 1.165) is 37.0 Å². The van der Waals surface area contributed by atoms with Crippen molar-refractivity contribution in [2.24, 2.45) is 5.92 Å². The van der Waals surface area contributed by atoms with Gasteiger partial charge in [-0.1, -0.05) is 13.8 Å². The Morgan fingerprint density at radius 3 is 2.72 bits per heavy atom. The number of ether oxygens (including phenoxy) is 1. The quantitative estimate of drug-likeness (QED) is 0.891. The summed E-state index contributed by atoms with van der Waals surface area (Å²) in [6.45, 7) is 10.2. The van der Waals surface area contributed by atoms with Gasteiger partial charge in [-0.3, -0.25) is 0 Å². The Hall–Kier alpha value is -1.16. The number of aryl methyl sites for hydroxylation is 1. The van der Waals surface area contributed by atoms with Crippen LogP contribution in [0.3, 0.4) is 0 Å². The van der Waals surface area contributed by atoms with E-state index in [0.29, 0.717) is 17.9 Å². The van der Waals surface area contributed by atoms with Crippen molar-refractivity contribution < 1.29 is 4.74 Å². The molecule has 4 nitrogen and oxygen atoms in total. The monoisotopic (exact) mass is 249 g/mol. The number of hydrogen-bond donors (Lipinski definition) is 1. The van der Waals surface area contributed by atoms with Gasteiger partial charge < -0.3 is 10.1 Å². The highest BCUT2D eigenvalue weighted by atomic mass is 16.5. The summed E-state index contributed by atoms with van der Waals surface area (Å²) in [7, 11) is 0. The van der Waals surface area contributed by atoms with Crippen LogP contribution >= 0.6 is 0 Å². The van der Waals surface area contributed by atoms with Crippen molar-refractivity contribution in [3.05, 3.63) is 17.5 Å². The third-order valence-electron chi connectivity index (χ3n) is 3.49. The molecule has 18 heavy (non-hydrogen) atoms. The molecule has 0 amide bonds. The van der Waals surface area contributed by atoms with Crippen molar-refractivity contribution in [1.82, 2.24) is 9.97 Å². The van der Waals surface area contributed by atoms with Crippen molar-refractivity contribution in [3.8, 4) is 0 Å². The summed E-state index contributed by atoms with van der Waals surface area (Å²) in [5.41, 5.74) is 2.12. The summed E-state index contributed by atoms with van der Waals surface area (Å²) in [6.07, 6.45) is 1.12. The average molecular weight is 249 g/mol. The number of rotatable bonds is 4. The van der Waals surface area contributed by atoms with Gasteiger partial charge in [0.25, 0.3) is 0 Å². The normalized spacial score (nSPS) is 21.3. The first-order chi connectivity index (χ1) is 8.56. The first-order valence-electron chi connectivity index (χ1n) is 6.76. The van der Waals surface area contributed by atoms with E-state index in [9.17, 15) is 0 Å². The predicted molar refractivity (Wildman–Crippen MR) is 72.9 cm³/mol. The van der Waals surface area contributed by atoms with Gasteiger partial charge in [0.2, 0.25) is 5.95 Å². The van der Waals surface area contributed by atoms with Gasteiger partial charge in [-0.05, 0) is 32.3 Å². The van der Waals surface area contributed by atoms with Crippen molar-refractivity contribution in [3.63, 3.8) is 0 Å². The SMILES string of the molecule is Cc1cc(C(C)C)nc(NC(C)C2CCOC2)n1. The van der Waals surface area contributed by atoms with Gasteiger partial charge in [-0.2, -0.15) is 0 Å². The molecule has 2 heterocycles. The van der Waals surface area contributed by atoms with E-state index in [4.69, 9.17) is 4.74 Å². The topological polar surface area (TPSA) is 47.0 Å². The Morgan fingerprint density at radius 2 is 2.11 bits per heavy atom. The van der Waals surface area contributed by atoms with Crippen LogP contribution in [0, 0.1) is 12.8 Å². The molecule has 1 aliphatic rings. The summed E-state index contributed by atoms with van der Waals surface area (Å²) in [5.74, 6) is 1.74. The molecule has 1 fully saturated rings. The highest BCUT2D eigenvalue weighted by Gasteiger charge is 2.22. The van der Waals surface area contributed by atoms with Gasteiger partial charge in [0.05, 0.1) is 6.61 Å². The van der Waals surface area contributed by atoms with Gasteiger partial charge in [0, 0.05) is 30.0 Å². The highest BCUT2D eigenvalue weighted by molar-refractivity contribution is 5.30. The van der Waals surface area contributed by atoms with E-state index in [2.05, 4.69) is 42.1 Å². The molecule has 2 unspecified atom stereocenters. The zero-order chi connectivity index (χ0) is 13.1. The van der Waals surface area contributed by atoms with Gasteiger partial charge in [-0.15, -0.1) is 0 Å². The second-order valence-corrected chi connectivity index (χ2v) is 5.47. The zero-order valence-corrected chi connectivity index (χ0v) is 11.7. The smallest absolute Gasteiger partial charge is 0.223 e. The molecule has 0 spiro atoms. The Balaban J connectivity index is 2.08. The third-order valence-corrected chi connectivity index (χ3v) is 3.49. The van der Waals surface area contributed by atoms with Crippen LogP contribution in [0.5, 0.6) is 0 Å². The van der Waals surface area contributed by atoms with Crippen molar-refractivity contribution >= 4 is 5.95 Å². The lowest BCUT2D eigenvalue weighted by Crippen LogP contribution is -2.27. The summed E-state index contributed by atoms with van der Waals surface area (Å²) < 4.78 is 5.42.